The van der Waals surface area contributed by atoms with E-state index in [1.54, 1.807) is 19.2 Å². The predicted octanol–water partition coefficient (Wildman–Crippen LogP) is 3.74. The van der Waals surface area contributed by atoms with E-state index < -0.39 is 12.5 Å². The first-order chi connectivity index (χ1) is 16.5. The maximum atomic E-state index is 13.6. The lowest BCUT2D eigenvalue weighted by Crippen LogP contribution is -2.61. The van der Waals surface area contributed by atoms with Gasteiger partial charge in [0.2, 0.25) is 0 Å². The van der Waals surface area contributed by atoms with E-state index in [2.05, 4.69) is 15.1 Å². The molecule has 0 bridgehead atoms. The number of hydrogen-bond donors (Lipinski definition) is 3. The van der Waals surface area contributed by atoms with E-state index in [0.717, 1.165) is 22.5 Å². The minimum absolute atomic E-state index is 0.166. The Balaban J connectivity index is 1.55. The average Bonchev–Trinajstić information content (AvgIpc) is 3.57. The van der Waals surface area contributed by atoms with Gasteiger partial charge in [-0.05, 0) is 49.6 Å². The van der Waals surface area contributed by atoms with Crippen molar-refractivity contribution in [1.82, 2.24) is 10.2 Å². The van der Waals surface area contributed by atoms with E-state index >= 15 is 0 Å². The molecule has 5 N–H and O–H groups in total. The number of H-pyrrole nitrogens is 1. The SMILES string of the molecule is COCCOc1ccc2c(c1)N(C(C)c1ccc(F)cc1)C(N)N(c1cc(C3CC3)[nH]n1)C2N. The standard InChI is InChI=1S/C25H31FN6O2/c1-15(16-5-7-18(26)8-6-16)31-22-13-19(34-12-11-33-2)9-10-20(22)24(27)32(25(31)28)23-14-21(29-30-23)17-3-4-17/h5-10,13-15,17,24-25H,3-4,11-12,27-28H2,1-2H3,(H,29,30). The third-order valence-electron chi connectivity index (χ3n) is 6.66. The molecule has 2 aliphatic rings. The van der Waals surface area contributed by atoms with Gasteiger partial charge in [-0.3, -0.25) is 10.8 Å². The Morgan fingerprint density at radius 1 is 1.12 bits per heavy atom. The van der Waals surface area contributed by atoms with Gasteiger partial charge in [-0.1, -0.05) is 12.1 Å². The summed E-state index contributed by atoms with van der Waals surface area (Å²) in [5, 5.41) is 7.70. The Labute approximate surface area is 198 Å². The summed E-state index contributed by atoms with van der Waals surface area (Å²) >= 11 is 0. The number of nitrogens with one attached hydrogen (secondary N) is 1. The number of aromatic nitrogens is 2. The van der Waals surface area contributed by atoms with Crippen LogP contribution in [-0.4, -0.2) is 36.8 Å². The number of hydrogen-bond acceptors (Lipinski definition) is 7. The van der Waals surface area contributed by atoms with Crippen molar-refractivity contribution < 1.29 is 13.9 Å². The summed E-state index contributed by atoms with van der Waals surface area (Å²) in [5.41, 5.74) is 17.5. The smallest absolute Gasteiger partial charge is 0.158 e. The van der Waals surface area contributed by atoms with Crippen LogP contribution in [0.1, 0.15) is 54.7 Å². The molecule has 9 heteroatoms. The third-order valence-corrected chi connectivity index (χ3v) is 6.66. The van der Waals surface area contributed by atoms with Crippen molar-refractivity contribution in [2.75, 3.05) is 30.1 Å². The summed E-state index contributed by atoms with van der Waals surface area (Å²) in [6, 6.07) is 14.2. The van der Waals surface area contributed by atoms with Gasteiger partial charge in [0.1, 0.15) is 24.3 Å². The molecule has 1 aliphatic carbocycles. The third kappa shape index (κ3) is 4.22. The van der Waals surface area contributed by atoms with Crippen molar-refractivity contribution in [2.24, 2.45) is 11.5 Å². The van der Waals surface area contributed by atoms with Crippen LogP contribution < -0.4 is 26.0 Å². The molecule has 0 saturated heterocycles. The second-order valence-corrected chi connectivity index (χ2v) is 8.92. The molecule has 2 heterocycles. The van der Waals surface area contributed by atoms with E-state index in [9.17, 15) is 4.39 Å². The first-order valence-electron chi connectivity index (χ1n) is 11.6. The number of benzene rings is 2. The van der Waals surface area contributed by atoms with Crippen LogP contribution in [0.3, 0.4) is 0 Å². The molecule has 0 amide bonds. The molecule has 5 rings (SSSR count). The fourth-order valence-corrected chi connectivity index (χ4v) is 4.60. The topological polar surface area (TPSA) is 106 Å². The van der Waals surface area contributed by atoms with Crippen LogP contribution in [0.2, 0.25) is 0 Å². The van der Waals surface area contributed by atoms with Crippen molar-refractivity contribution in [3.8, 4) is 5.75 Å². The minimum Gasteiger partial charge on any atom is -0.491 e. The highest BCUT2D eigenvalue weighted by Crippen LogP contribution is 2.45. The molecule has 34 heavy (non-hydrogen) atoms. The fraction of sp³-hybridized carbons (Fsp3) is 0.400. The van der Waals surface area contributed by atoms with Crippen molar-refractivity contribution >= 4 is 11.5 Å². The van der Waals surface area contributed by atoms with Crippen LogP contribution in [-0.2, 0) is 4.74 Å². The molecule has 180 valence electrons. The van der Waals surface area contributed by atoms with Crippen LogP contribution in [0.15, 0.2) is 48.5 Å². The number of halogens is 1. The summed E-state index contributed by atoms with van der Waals surface area (Å²) in [7, 11) is 1.64. The summed E-state index contributed by atoms with van der Waals surface area (Å²) in [4.78, 5) is 4.01. The average molecular weight is 467 g/mol. The molecule has 0 radical (unpaired) electrons. The minimum atomic E-state index is -0.605. The highest BCUT2D eigenvalue weighted by atomic mass is 19.1. The number of rotatable bonds is 8. The van der Waals surface area contributed by atoms with Gasteiger partial charge in [0.25, 0.3) is 0 Å². The number of anilines is 2. The van der Waals surface area contributed by atoms with Gasteiger partial charge in [-0.15, -0.1) is 0 Å². The number of ether oxygens (including phenoxy) is 2. The van der Waals surface area contributed by atoms with Crippen LogP contribution in [0.4, 0.5) is 15.9 Å². The molecule has 2 aromatic carbocycles. The van der Waals surface area contributed by atoms with E-state index in [1.807, 2.05) is 36.1 Å². The lowest BCUT2D eigenvalue weighted by molar-refractivity contribution is 0.146. The van der Waals surface area contributed by atoms with Crippen molar-refractivity contribution in [1.29, 1.82) is 0 Å². The summed E-state index contributed by atoms with van der Waals surface area (Å²) in [6.45, 7) is 2.97. The Morgan fingerprint density at radius 3 is 2.59 bits per heavy atom. The van der Waals surface area contributed by atoms with Gasteiger partial charge in [0.15, 0.2) is 12.1 Å². The van der Waals surface area contributed by atoms with E-state index in [1.165, 1.54) is 25.0 Å². The molecule has 3 unspecified atom stereocenters. The fourth-order valence-electron chi connectivity index (χ4n) is 4.60. The number of fused-ring (bicyclic) bond motifs is 1. The normalized spacial score (nSPS) is 20.9. The molecule has 1 aromatic heterocycles. The van der Waals surface area contributed by atoms with Crippen molar-refractivity contribution in [2.45, 2.75) is 44.2 Å². The Bertz CT molecular complexity index is 1130. The summed E-state index contributed by atoms with van der Waals surface area (Å²) in [6.07, 6.45) is 1.24. The Morgan fingerprint density at radius 2 is 1.88 bits per heavy atom. The van der Waals surface area contributed by atoms with Gasteiger partial charge in [-0.25, -0.2) is 4.39 Å². The number of nitrogens with two attached hydrogens (primary N) is 2. The van der Waals surface area contributed by atoms with Gasteiger partial charge >= 0.3 is 0 Å². The molecule has 1 fully saturated rings. The number of methoxy groups -OCH3 is 1. The number of nitrogens with zero attached hydrogens (tertiary/aromatic N) is 3. The molecule has 0 spiro atoms. The van der Waals surface area contributed by atoms with Gasteiger partial charge in [0.05, 0.1) is 18.3 Å². The highest BCUT2D eigenvalue weighted by molar-refractivity contribution is 5.66. The molecular weight excluding hydrogens is 435 g/mol. The van der Waals surface area contributed by atoms with Crippen LogP contribution in [0, 0.1) is 5.82 Å². The zero-order valence-corrected chi connectivity index (χ0v) is 19.4. The molecule has 8 nitrogen and oxygen atoms in total. The first-order valence-corrected chi connectivity index (χ1v) is 11.6. The van der Waals surface area contributed by atoms with Crippen molar-refractivity contribution in [3.05, 3.63) is 71.2 Å². The highest BCUT2D eigenvalue weighted by Gasteiger charge is 2.40. The summed E-state index contributed by atoms with van der Waals surface area (Å²) < 4.78 is 24.6. The second-order valence-electron chi connectivity index (χ2n) is 8.92. The Kier molecular flexibility index (Phi) is 6.16. The molecule has 3 atom stereocenters. The zero-order valence-electron chi connectivity index (χ0n) is 19.4. The monoisotopic (exact) mass is 466 g/mol. The zero-order chi connectivity index (χ0) is 23.8. The summed E-state index contributed by atoms with van der Waals surface area (Å²) in [5.74, 6) is 1.67. The lowest BCUT2D eigenvalue weighted by atomic mass is 9.99. The van der Waals surface area contributed by atoms with Gasteiger partial charge in [-0.2, -0.15) is 5.10 Å². The molecule has 1 aliphatic heterocycles. The van der Waals surface area contributed by atoms with Gasteiger partial charge in [0, 0.05) is 36.4 Å². The van der Waals surface area contributed by atoms with Crippen LogP contribution in [0.25, 0.3) is 0 Å². The van der Waals surface area contributed by atoms with Crippen LogP contribution in [0.5, 0.6) is 5.75 Å². The molecular formula is C25H31FN6O2. The van der Waals surface area contributed by atoms with Crippen molar-refractivity contribution in [3.63, 3.8) is 0 Å². The maximum Gasteiger partial charge on any atom is 0.158 e. The van der Waals surface area contributed by atoms with E-state index in [0.29, 0.717) is 30.7 Å². The largest absolute Gasteiger partial charge is 0.491 e. The lowest BCUT2D eigenvalue weighted by Gasteiger charge is -2.49. The Hall–Kier alpha value is -3.14. The second kappa shape index (κ2) is 9.25. The quantitative estimate of drug-likeness (QED) is 0.434. The first kappa shape index (κ1) is 22.6. The predicted molar refractivity (Wildman–Crippen MR) is 129 cm³/mol. The van der Waals surface area contributed by atoms with Gasteiger partial charge < -0.3 is 25.0 Å². The van der Waals surface area contributed by atoms with Crippen LogP contribution >= 0.6 is 0 Å². The number of aromatic amines is 1. The molecule has 1 saturated carbocycles. The van der Waals surface area contributed by atoms with E-state index in [-0.39, 0.29) is 11.9 Å². The molecule has 3 aromatic rings. The van der Waals surface area contributed by atoms with E-state index in [4.69, 9.17) is 20.9 Å². The maximum absolute atomic E-state index is 13.6.